The summed E-state index contributed by atoms with van der Waals surface area (Å²) in [6, 6.07) is 11.9. The predicted octanol–water partition coefficient (Wildman–Crippen LogP) is 2.95. The van der Waals surface area contributed by atoms with Crippen molar-refractivity contribution in [1.82, 2.24) is 4.57 Å². The molecule has 24 heavy (non-hydrogen) atoms. The van der Waals surface area contributed by atoms with Crippen LogP contribution in [-0.4, -0.2) is 33.5 Å². The number of carboxylic acid groups (broad SMARTS) is 1. The van der Waals surface area contributed by atoms with Gasteiger partial charge in [-0.3, -0.25) is 4.79 Å². The molecule has 0 amide bonds. The van der Waals surface area contributed by atoms with E-state index in [1.54, 1.807) is 0 Å². The molecule has 0 aliphatic carbocycles. The Labute approximate surface area is 142 Å². The SMILES string of the molecule is Cc1ccc(C)n1CCOc1ccc(CCC(O)CC(=O)O)cc1. The number of benzene rings is 1. The summed E-state index contributed by atoms with van der Waals surface area (Å²) in [6.07, 6.45) is 0.0840. The number of aliphatic hydroxyl groups excluding tert-OH is 1. The highest BCUT2D eigenvalue weighted by Crippen LogP contribution is 2.15. The van der Waals surface area contributed by atoms with Crippen molar-refractivity contribution in [2.24, 2.45) is 0 Å². The number of hydrogen-bond acceptors (Lipinski definition) is 3. The van der Waals surface area contributed by atoms with Crippen molar-refractivity contribution < 1.29 is 19.7 Å². The monoisotopic (exact) mass is 331 g/mol. The van der Waals surface area contributed by atoms with Gasteiger partial charge >= 0.3 is 5.97 Å². The zero-order chi connectivity index (χ0) is 17.5. The van der Waals surface area contributed by atoms with Crippen molar-refractivity contribution in [3.8, 4) is 5.75 Å². The van der Waals surface area contributed by atoms with Gasteiger partial charge in [0.05, 0.1) is 19.1 Å². The van der Waals surface area contributed by atoms with E-state index in [-0.39, 0.29) is 6.42 Å². The standard InChI is InChI=1S/C19H25NO4/c1-14-3-4-15(2)20(14)11-12-24-18-9-6-16(7-10-18)5-8-17(21)13-19(22)23/h3-4,6-7,9-10,17,21H,5,8,11-13H2,1-2H3,(H,22,23). The van der Waals surface area contributed by atoms with Crippen LogP contribution in [0, 0.1) is 13.8 Å². The van der Waals surface area contributed by atoms with Crippen molar-refractivity contribution in [2.75, 3.05) is 6.61 Å². The largest absolute Gasteiger partial charge is 0.492 e. The van der Waals surface area contributed by atoms with E-state index < -0.39 is 12.1 Å². The van der Waals surface area contributed by atoms with E-state index in [1.807, 2.05) is 24.3 Å². The van der Waals surface area contributed by atoms with Crippen LogP contribution in [0.3, 0.4) is 0 Å². The van der Waals surface area contributed by atoms with E-state index in [0.717, 1.165) is 17.9 Å². The molecule has 0 aliphatic rings. The fraction of sp³-hybridized carbons (Fsp3) is 0.421. The van der Waals surface area contributed by atoms with E-state index in [4.69, 9.17) is 9.84 Å². The maximum absolute atomic E-state index is 10.5. The lowest BCUT2D eigenvalue weighted by Crippen LogP contribution is -2.13. The summed E-state index contributed by atoms with van der Waals surface area (Å²) in [5, 5.41) is 18.2. The van der Waals surface area contributed by atoms with Gasteiger partial charge < -0.3 is 19.5 Å². The fourth-order valence-corrected chi connectivity index (χ4v) is 2.70. The second kappa shape index (κ2) is 8.55. The second-order valence-electron chi connectivity index (χ2n) is 6.05. The molecular formula is C19H25NO4. The van der Waals surface area contributed by atoms with Gasteiger partial charge in [-0.15, -0.1) is 0 Å². The number of carboxylic acids is 1. The van der Waals surface area contributed by atoms with Crippen molar-refractivity contribution >= 4 is 5.97 Å². The van der Waals surface area contributed by atoms with Crippen LogP contribution in [0.5, 0.6) is 5.75 Å². The summed E-state index contributed by atoms with van der Waals surface area (Å²) in [5.74, 6) is -0.160. The first-order valence-corrected chi connectivity index (χ1v) is 8.20. The number of nitrogens with zero attached hydrogens (tertiary/aromatic N) is 1. The van der Waals surface area contributed by atoms with Gasteiger partial charge in [0, 0.05) is 11.4 Å². The predicted molar refractivity (Wildman–Crippen MR) is 92.4 cm³/mol. The third-order valence-corrected chi connectivity index (χ3v) is 4.10. The Morgan fingerprint density at radius 2 is 1.75 bits per heavy atom. The Kier molecular flexibility index (Phi) is 6.44. The summed E-state index contributed by atoms with van der Waals surface area (Å²) >= 11 is 0. The van der Waals surface area contributed by atoms with Gasteiger partial charge in [-0.1, -0.05) is 12.1 Å². The molecule has 1 heterocycles. The molecule has 0 aliphatic heterocycles. The van der Waals surface area contributed by atoms with Gasteiger partial charge in [-0.05, 0) is 56.5 Å². The Morgan fingerprint density at radius 3 is 2.33 bits per heavy atom. The zero-order valence-corrected chi connectivity index (χ0v) is 14.2. The topological polar surface area (TPSA) is 71.7 Å². The second-order valence-corrected chi connectivity index (χ2v) is 6.05. The van der Waals surface area contributed by atoms with Crippen LogP contribution in [0.2, 0.25) is 0 Å². The first-order valence-electron chi connectivity index (χ1n) is 8.20. The van der Waals surface area contributed by atoms with Crippen molar-refractivity contribution in [3.05, 3.63) is 53.3 Å². The summed E-state index contributed by atoms with van der Waals surface area (Å²) in [7, 11) is 0. The lowest BCUT2D eigenvalue weighted by molar-refractivity contribution is -0.139. The van der Waals surface area contributed by atoms with Crippen molar-refractivity contribution in [1.29, 1.82) is 0 Å². The third-order valence-electron chi connectivity index (χ3n) is 4.10. The van der Waals surface area contributed by atoms with Crippen LogP contribution in [0.25, 0.3) is 0 Å². The first-order chi connectivity index (χ1) is 11.5. The quantitative estimate of drug-likeness (QED) is 0.741. The Balaban J connectivity index is 1.76. The summed E-state index contributed by atoms with van der Waals surface area (Å²) < 4.78 is 8.00. The molecule has 2 N–H and O–H groups in total. The van der Waals surface area contributed by atoms with Crippen LogP contribution in [0.4, 0.5) is 0 Å². The first kappa shape index (κ1) is 18.1. The molecule has 0 fully saturated rings. The molecule has 5 heteroatoms. The molecule has 2 aromatic rings. The minimum Gasteiger partial charge on any atom is -0.492 e. The van der Waals surface area contributed by atoms with Gasteiger partial charge in [0.25, 0.3) is 0 Å². The molecule has 1 atom stereocenters. The number of aromatic nitrogens is 1. The molecule has 2 rings (SSSR count). The van der Waals surface area contributed by atoms with Crippen molar-refractivity contribution in [3.63, 3.8) is 0 Å². The molecule has 0 spiro atoms. The number of hydrogen-bond donors (Lipinski definition) is 2. The minimum absolute atomic E-state index is 0.209. The summed E-state index contributed by atoms with van der Waals surface area (Å²) in [4.78, 5) is 10.5. The number of aryl methyl sites for hydroxylation is 3. The molecule has 1 aromatic carbocycles. The molecular weight excluding hydrogens is 306 g/mol. The van der Waals surface area contributed by atoms with Crippen LogP contribution in [0.1, 0.15) is 29.8 Å². The molecule has 0 saturated carbocycles. The number of aliphatic hydroxyl groups is 1. The molecule has 5 nitrogen and oxygen atoms in total. The average Bonchev–Trinajstić information content (AvgIpc) is 2.85. The normalized spacial score (nSPS) is 12.1. The smallest absolute Gasteiger partial charge is 0.305 e. The van der Waals surface area contributed by atoms with Gasteiger partial charge in [0.15, 0.2) is 0 Å². The molecule has 1 unspecified atom stereocenters. The Bertz CT molecular complexity index is 641. The maximum atomic E-state index is 10.5. The van der Waals surface area contributed by atoms with Gasteiger partial charge in [-0.2, -0.15) is 0 Å². The highest BCUT2D eigenvalue weighted by atomic mass is 16.5. The molecule has 0 bridgehead atoms. The fourth-order valence-electron chi connectivity index (χ4n) is 2.70. The summed E-state index contributed by atoms with van der Waals surface area (Å²) in [6.45, 7) is 5.59. The maximum Gasteiger partial charge on any atom is 0.305 e. The Morgan fingerprint density at radius 1 is 1.12 bits per heavy atom. The van der Waals surface area contributed by atoms with Crippen LogP contribution in [-0.2, 0) is 17.8 Å². The van der Waals surface area contributed by atoms with E-state index in [2.05, 4.69) is 30.5 Å². The lowest BCUT2D eigenvalue weighted by Gasteiger charge is -2.11. The molecule has 0 radical (unpaired) electrons. The minimum atomic E-state index is -0.973. The molecule has 130 valence electrons. The Hall–Kier alpha value is -2.27. The van der Waals surface area contributed by atoms with Crippen LogP contribution in [0.15, 0.2) is 36.4 Å². The highest BCUT2D eigenvalue weighted by molar-refractivity contribution is 5.67. The van der Waals surface area contributed by atoms with E-state index in [0.29, 0.717) is 19.4 Å². The van der Waals surface area contributed by atoms with Crippen molar-refractivity contribution in [2.45, 2.75) is 45.8 Å². The molecule has 0 saturated heterocycles. The van der Waals surface area contributed by atoms with Crippen LogP contribution >= 0.6 is 0 Å². The van der Waals surface area contributed by atoms with Gasteiger partial charge in [0.1, 0.15) is 12.4 Å². The zero-order valence-electron chi connectivity index (χ0n) is 14.2. The average molecular weight is 331 g/mol. The van der Waals surface area contributed by atoms with E-state index in [9.17, 15) is 9.90 Å². The third kappa shape index (κ3) is 5.42. The number of ether oxygens (including phenoxy) is 1. The summed E-state index contributed by atoms with van der Waals surface area (Å²) in [5.41, 5.74) is 3.52. The van der Waals surface area contributed by atoms with Crippen LogP contribution < -0.4 is 4.74 Å². The number of carbonyl (C=O) groups is 1. The van der Waals surface area contributed by atoms with E-state index in [1.165, 1.54) is 11.4 Å². The highest BCUT2D eigenvalue weighted by Gasteiger charge is 2.09. The number of rotatable bonds is 9. The van der Waals surface area contributed by atoms with Gasteiger partial charge in [0.2, 0.25) is 0 Å². The van der Waals surface area contributed by atoms with E-state index >= 15 is 0 Å². The number of aliphatic carboxylic acids is 1. The lowest BCUT2D eigenvalue weighted by atomic mass is 10.1. The molecule has 1 aromatic heterocycles. The van der Waals surface area contributed by atoms with Gasteiger partial charge in [-0.25, -0.2) is 0 Å².